The van der Waals surface area contributed by atoms with Crippen LogP contribution in [0.5, 0.6) is 0 Å². The van der Waals surface area contributed by atoms with Gasteiger partial charge < -0.3 is 0 Å². The maximum absolute atomic E-state index is 12.9. The van der Waals surface area contributed by atoms with Crippen LogP contribution in [0.15, 0.2) is 82.6 Å². The second-order valence-electron chi connectivity index (χ2n) is 7.09. The normalized spacial score (nSPS) is 11.9. The van der Waals surface area contributed by atoms with Crippen molar-refractivity contribution in [2.24, 2.45) is 0 Å². The fourth-order valence-electron chi connectivity index (χ4n) is 2.89. The Morgan fingerprint density at radius 1 is 0.500 bits per heavy atom. The molecular formula is C22H24N2O4S2. The van der Waals surface area contributed by atoms with Crippen molar-refractivity contribution in [3.05, 3.63) is 83.9 Å². The fourth-order valence-corrected chi connectivity index (χ4v) is 5.28. The first-order valence-electron chi connectivity index (χ1n) is 9.25. The highest BCUT2D eigenvalue weighted by molar-refractivity contribution is 7.93. The minimum Gasteiger partial charge on any atom is -0.269 e. The van der Waals surface area contributed by atoms with E-state index in [1.807, 2.05) is 13.8 Å². The summed E-state index contributed by atoms with van der Waals surface area (Å²) in [5, 5.41) is 0. The summed E-state index contributed by atoms with van der Waals surface area (Å²) in [5.74, 6) is 0. The van der Waals surface area contributed by atoms with E-state index in [4.69, 9.17) is 0 Å². The molecule has 0 N–H and O–H groups in total. The van der Waals surface area contributed by atoms with Crippen LogP contribution in [0.3, 0.4) is 0 Å². The number of aryl methyl sites for hydroxylation is 2. The highest BCUT2D eigenvalue weighted by Crippen LogP contribution is 2.27. The lowest BCUT2D eigenvalue weighted by Crippen LogP contribution is -2.28. The van der Waals surface area contributed by atoms with Crippen molar-refractivity contribution in [2.75, 3.05) is 22.7 Å². The van der Waals surface area contributed by atoms with Gasteiger partial charge in [0.15, 0.2) is 0 Å². The standard InChI is InChI=1S/C22H24N2O4S2/c1-17-5-13-21(14-6-17)29(25,26)23(3)19-9-11-20(12-10-19)24(4)30(27,28)22-15-7-18(2)8-16-22/h5-16H,1-4H3. The third kappa shape index (κ3) is 4.20. The Morgan fingerprint density at radius 3 is 1.03 bits per heavy atom. The molecule has 158 valence electrons. The van der Waals surface area contributed by atoms with Crippen LogP contribution < -0.4 is 8.61 Å². The van der Waals surface area contributed by atoms with Gasteiger partial charge in [0.1, 0.15) is 0 Å². The Morgan fingerprint density at radius 2 is 0.767 bits per heavy atom. The molecule has 0 radical (unpaired) electrons. The van der Waals surface area contributed by atoms with Crippen molar-refractivity contribution in [3.63, 3.8) is 0 Å². The van der Waals surface area contributed by atoms with Crippen LogP contribution >= 0.6 is 0 Å². The Labute approximate surface area is 178 Å². The molecule has 0 aromatic heterocycles. The summed E-state index contributed by atoms with van der Waals surface area (Å²) >= 11 is 0. The molecule has 0 spiro atoms. The van der Waals surface area contributed by atoms with Crippen molar-refractivity contribution in [1.29, 1.82) is 0 Å². The van der Waals surface area contributed by atoms with E-state index < -0.39 is 20.0 Å². The summed E-state index contributed by atoms with van der Waals surface area (Å²) in [6.45, 7) is 3.78. The van der Waals surface area contributed by atoms with Gasteiger partial charge in [-0.05, 0) is 62.4 Å². The molecule has 3 aromatic rings. The zero-order valence-corrected chi connectivity index (χ0v) is 18.9. The van der Waals surface area contributed by atoms with Gasteiger partial charge in [-0.1, -0.05) is 35.4 Å². The molecule has 6 nitrogen and oxygen atoms in total. The van der Waals surface area contributed by atoms with Gasteiger partial charge in [0, 0.05) is 14.1 Å². The second kappa shape index (κ2) is 8.12. The minimum absolute atomic E-state index is 0.193. The van der Waals surface area contributed by atoms with Gasteiger partial charge in [0.05, 0.1) is 21.2 Å². The summed E-state index contributed by atoms with van der Waals surface area (Å²) < 4.78 is 53.8. The largest absolute Gasteiger partial charge is 0.269 e. The zero-order chi connectivity index (χ0) is 22.1. The van der Waals surface area contributed by atoms with E-state index in [1.165, 1.54) is 22.7 Å². The monoisotopic (exact) mass is 444 g/mol. The third-order valence-corrected chi connectivity index (χ3v) is 8.54. The summed E-state index contributed by atoms with van der Waals surface area (Å²) in [7, 11) is -4.49. The number of sulfonamides is 2. The Hall–Kier alpha value is -2.84. The topological polar surface area (TPSA) is 74.8 Å². The van der Waals surface area contributed by atoms with Crippen LogP contribution in [-0.4, -0.2) is 30.9 Å². The molecule has 0 aliphatic rings. The van der Waals surface area contributed by atoms with Crippen molar-refractivity contribution in [3.8, 4) is 0 Å². The van der Waals surface area contributed by atoms with Crippen LogP contribution in [0.2, 0.25) is 0 Å². The van der Waals surface area contributed by atoms with Gasteiger partial charge in [-0.15, -0.1) is 0 Å². The molecule has 0 bridgehead atoms. The molecule has 0 atom stereocenters. The minimum atomic E-state index is -3.72. The van der Waals surface area contributed by atoms with E-state index in [9.17, 15) is 16.8 Å². The van der Waals surface area contributed by atoms with Gasteiger partial charge >= 0.3 is 0 Å². The fraction of sp³-hybridized carbons (Fsp3) is 0.182. The summed E-state index contributed by atoms with van der Waals surface area (Å²) in [6, 6.07) is 19.6. The summed E-state index contributed by atoms with van der Waals surface area (Å²) in [5.41, 5.74) is 2.80. The highest BCUT2D eigenvalue weighted by atomic mass is 32.2. The third-order valence-electron chi connectivity index (χ3n) is 4.94. The Balaban J connectivity index is 1.86. The lowest BCUT2D eigenvalue weighted by atomic mass is 10.2. The number of benzene rings is 3. The predicted molar refractivity (Wildman–Crippen MR) is 120 cm³/mol. The first-order chi connectivity index (χ1) is 14.0. The molecule has 30 heavy (non-hydrogen) atoms. The maximum atomic E-state index is 12.9. The highest BCUT2D eigenvalue weighted by Gasteiger charge is 2.23. The average molecular weight is 445 g/mol. The maximum Gasteiger partial charge on any atom is 0.264 e. The molecule has 8 heteroatoms. The van der Waals surface area contributed by atoms with E-state index in [0.717, 1.165) is 11.1 Å². The first kappa shape index (κ1) is 21.9. The molecule has 0 unspecified atom stereocenters. The summed E-state index contributed by atoms with van der Waals surface area (Å²) in [6.07, 6.45) is 0. The van der Waals surface area contributed by atoms with Gasteiger partial charge in [0.25, 0.3) is 20.0 Å². The lowest BCUT2D eigenvalue weighted by molar-refractivity contribution is 0.592. The zero-order valence-electron chi connectivity index (χ0n) is 17.3. The predicted octanol–water partition coefficient (Wildman–Crippen LogP) is 3.95. The Bertz CT molecular complexity index is 1130. The summed E-state index contributed by atoms with van der Waals surface area (Å²) in [4.78, 5) is 0.387. The van der Waals surface area contributed by atoms with Crippen LogP contribution in [0.1, 0.15) is 11.1 Å². The molecule has 0 aliphatic heterocycles. The number of hydrogen-bond donors (Lipinski definition) is 0. The molecule has 0 saturated heterocycles. The number of rotatable bonds is 6. The molecule has 0 heterocycles. The van der Waals surface area contributed by atoms with Crippen molar-refractivity contribution < 1.29 is 16.8 Å². The first-order valence-corrected chi connectivity index (χ1v) is 12.1. The molecule has 3 rings (SSSR count). The van der Waals surface area contributed by atoms with E-state index >= 15 is 0 Å². The quantitative estimate of drug-likeness (QED) is 0.577. The van der Waals surface area contributed by atoms with Gasteiger partial charge in [-0.2, -0.15) is 0 Å². The van der Waals surface area contributed by atoms with E-state index in [0.29, 0.717) is 11.4 Å². The molecule has 0 aliphatic carbocycles. The van der Waals surface area contributed by atoms with Crippen LogP contribution in [0, 0.1) is 13.8 Å². The van der Waals surface area contributed by atoms with Gasteiger partial charge in [0.2, 0.25) is 0 Å². The molecule has 3 aromatic carbocycles. The number of anilines is 2. The number of hydrogen-bond acceptors (Lipinski definition) is 4. The second-order valence-corrected chi connectivity index (χ2v) is 11.0. The smallest absolute Gasteiger partial charge is 0.264 e. The SMILES string of the molecule is Cc1ccc(S(=O)(=O)N(C)c2ccc(N(C)S(=O)(=O)c3ccc(C)cc3)cc2)cc1. The van der Waals surface area contributed by atoms with E-state index in [1.54, 1.807) is 72.8 Å². The van der Waals surface area contributed by atoms with E-state index in [2.05, 4.69) is 0 Å². The van der Waals surface area contributed by atoms with E-state index in [-0.39, 0.29) is 9.79 Å². The van der Waals surface area contributed by atoms with Crippen molar-refractivity contribution >= 4 is 31.4 Å². The van der Waals surface area contributed by atoms with Crippen molar-refractivity contribution in [2.45, 2.75) is 23.6 Å². The molecule has 0 saturated carbocycles. The lowest BCUT2D eigenvalue weighted by Gasteiger charge is -2.22. The number of nitrogens with zero attached hydrogens (tertiary/aromatic N) is 2. The van der Waals surface area contributed by atoms with Crippen LogP contribution in [-0.2, 0) is 20.0 Å². The van der Waals surface area contributed by atoms with Gasteiger partial charge in [-0.3, -0.25) is 8.61 Å². The Kier molecular flexibility index (Phi) is 5.92. The molecule has 0 amide bonds. The van der Waals surface area contributed by atoms with Crippen LogP contribution in [0.25, 0.3) is 0 Å². The van der Waals surface area contributed by atoms with Gasteiger partial charge in [-0.25, -0.2) is 16.8 Å². The molecular weight excluding hydrogens is 420 g/mol. The van der Waals surface area contributed by atoms with Crippen LogP contribution in [0.4, 0.5) is 11.4 Å². The molecule has 0 fully saturated rings. The average Bonchev–Trinajstić information content (AvgIpc) is 2.73. The van der Waals surface area contributed by atoms with Crippen molar-refractivity contribution in [1.82, 2.24) is 0 Å².